The maximum absolute atomic E-state index is 6.19. The highest BCUT2D eigenvalue weighted by molar-refractivity contribution is 6.39. The largest absolute Gasteiger partial charge is 0.497 e. The first kappa shape index (κ1) is 16.2. The molecule has 2 aromatic carbocycles. The Morgan fingerprint density at radius 1 is 1.05 bits per heavy atom. The topological polar surface area (TPSA) is 21.6 Å². The second-order valence-electron chi connectivity index (χ2n) is 4.51. The van der Waals surface area contributed by atoms with Gasteiger partial charge in [0.15, 0.2) is 0 Å². The summed E-state index contributed by atoms with van der Waals surface area (Å²) in [4.78, 5) is 4.49. The van der Waals surface area contributed by atoms with Crippen LogP contribution in [0.2, 0.25) is 15.1 Å². The highest BCUT2D eigenvalue weighted by atomic mass is 35.5. The van der Waals surface area contributed by atoms with Crippen molar-refractivity contribution >= 4 is 41.0 Å². The molecule has 0 fully saturated rings. The fourth-order valence-electron chi connectivity index (χ4n) is 1.91. The minimum absolute atomic E-state index is 0.163. The molecule has 2 nitrogen and oxygen atoms in total. The summed E-state index contributed by atoms with van der Waals surface area (Å²) >= 11 is 18.3. The van der Waals surface area contributed by atoms with Crippen LogP contribution in [0, 0.1) is 0 Å². The molecule has 0 aliphatic rings. The Balaban J connectivity index is 2.20. The first-order chi connectivity index (χ1) is 10.0. The van der Waals surface area contributed by atoms with Gasteiger partial charge in [-0.25, -0.2) is 0 Å². The average molecular weight is 343 g/mol. The molecule has 0 bridgehead atoms. The Labute approximate surface area is 139 Å². The molecule has 0 aliphatic carbocycles. The SMILES string of the molecule is COc1ccc(C=NC(C)c2c(Cl)cc(Cl)cc2Cl)cc1. The van der Waals surface area contributed by atoms with Gasteiger partial charge in [0.1, 0.15) is 5.75 Å². The molecular weight excluding hydrogens is 329 g/mol. The number of nitrogens with zero attached hydrogens (tertiary/aromatic N) is 1. The van der Waals surface area contributed by atoms with Crippen molar-refractivity contribution in [2.24, 2.45) is 4.99 Å². The van der Waals surface area contributed by atoms with Gasteiger partial charge in [0.25, 0.3) is 0 Å². The molecule has 0 amide bonds. The van der Waals surface area contributed by atoms with Crippen LogP contribution in [0.25, 0.3) is 0 Å². The summed E-state index contributed by atoms with van der Waals surface area (Å²) in [7, 11) is 1.63. The van der Waals surface area contributed by atoms with E-state index in [4.69, 9.17) is 39.5 Å². The minimum atomic E-state index is -0.163. The number of benzene rings is 2. The maximum Gasteiger partial charge on any atom is 0.118 e. The lowest BCUT2D eigenvalue weighted by Gasteiger charge is -2.12. The summed E-state index contributed by atoms with van der Waals surface area (Å²) in [6.45, 7) is 1.93. The summed E-state index contributed by atoms with van der Waals surface area (Å²) in [5.41, 5.74) is 1.75. The smallest absolute Gasteiger partial charge is 0.118 e. The fraction of sp³-hybridized carbons (Fsp3) is 0.188. The van der Waals surface area contributed by atoms with Crippen molar-refractivity contribution in [2.45, 2.75) is 13.0 Å². The molecule has 5 heteroatoms. The van der Waals surface area contributed by atoms with Gasteiger partial charge in [-0.1, -0.05) is 34.8 Å². The van der Waals surface area contributed by atoms with E-state index in [0.717, 1.165) is 16.9 Å². The highest BCUT2D eigenvalue weighted by Crippen LogP contribution is 2.34. The lowest BCUT2D eigenvalue weighted by Crippen LogP contribution is -1.94. The first-order valence-electron chi connectivity index (χ1n) is 6.33. The molecule has 0 saturated heterocycles. The molecule has 110 valence electrons. The van der Waals surface area contributed by atoms with Crippen LogP contribution >= 0.6 is 34.8 Å². The predicted molar refractivity (Wildman–Crippen MR) is 90.5 cm³/mol. The summed E-state index contributed by atoms with van der Waals surface area (Å²) < 4.78 is 5.11. The summed E-state index contributed by atoms with van der Waals surface area (Å²) in [6, 6.07) is 10.8. The van der Waals surface area contributed by atoms with E-state index in [1.807, 2.05) is 31.2 Å². The van der Waals surface area contributed by atoms with Crippen LogP contribution in [0.15, 0.2) is 41.4 Å². The number of methoxy groups -OCH3 is 1. The number of rotatable bonds is 4. The fourth-order valence-corrected chi connectivity index (χ4v) is 3.05. The third-order valence-corrected chi connectivity index (χ3v) is 3.87. The number of ether oxygens (including phenoxy) is 1. The molecule has 0 aromatic heterocycles. The van der Waals surface area contributed by atoms with Crippen molar-refractivity contribution in [3.63, 3.8) is 0 Å². The molecule has 2 rings (SSSR count). The molecule has 21 heavy (non-hydrogen) atoms. The van der Waals surface area contributed by atoms with Crippen molar-refractivity contribution in [3.05, 3.63) is 62.6 Å². The van der Waals surface area contributed by atoms with Gasteiger partial charge in [0.05, 0.1) is 13.2 Å². The van der Waals surface area contributed by atoms with Crippen molar-refractivity contribution in [2.75, 3.05) is 7.11 Å². The van der Waals surface area contributed by atoms with Gasteiger partial charge in [-0.3, -0.25) is 4.99 Å². The second kappa shape index (κ2) is 7.17. The summed E-state index contributed by atoms with van der Waals surface area (Å²) in [6.07, 6.45) is 1.78. The molecule has 0 heterocycles. The zero-order chi connectivity index (χ0) is 15.4. The van der Waals surface area contributed by atoms with Gasteiger partial charge in [-0.2, -0.15) is 0 Å². The standard InChI is InChI=1S/C16H14Cl3NO/c1-10(16-14(18)7-12(17)8-15(16)19)20-9-11-3-5-13(21-2)6-4-11/h3-10H,1-2H3. The Kier molecular flexibility index (Phi) is 5.51. The molecule has 0 radical (unpaired) electrons. The van der Waals surface area contributed by atoms with E-state index in [1.54, 1.807) is 25.5 Å². The molecule has 0 aliphatic heterocycles. The number of hydrogen-bond acceptors (Lipinski definition) is 2. The number of aliphatic imine (C=N–C) groups is 1. The van der Waals surface area contributed by atoms with Crippen LogP contribution in [-0.4, -0.2) is 13.3 Å². The zero-order valence-corrected chi connectivity index (χ0v) is 13.9. The molecule has 0 spiro atoms. The number of halogens is 3. The average Bonchev–Trinajstić information content (AvgIpc) is 2.44. The zero-order valence-electron chi connectivity index (χ0n) is 11.6. The quantitative estimate of drug-likeness (QED) is 0.640. The van der Waals surface area contributed by atoms with Crippen molar-refractivity contribution in [1.82, 2.24) is 0 Å². The van der Waals surface area contributed by atoms with Crippen LogP contribution in [0.3, 0.4) is 0 Å². The van der Waals surface area contributed by atoms with E-state index >= 15 is 0 Å². The Bertz CT molecular complexity index is 630. The molecule has 0 saturated carbocycles. The van der Waals surface area contributed by atoms with Gasteiger partial charge in [-0.15, -0.1) is 0 Å². The van der Waals surface area contributed by atoms with Crippen LogP contribution in [0.4, 0.5) is 0 Å². The normalized spacial score (nSPS) is 12.6. The van der Waals surface area contributed by atoms with Crippen molar-refractivity contribution in [1.29, 1.82) is 0 Å². The Morgan fingerprint density at radius 2 is 1.62 bits per heavy atom. The van der Waals surface area contributed by atoms with Crippen LogP contribution in [0.1, 0.15) is 24.1 Å². The van der Waals surface area contributed by atoms with Crippen LogP contribution < -0.4 is 4.74 Å². The molecule has 1 atom stereocenters. The van der Waals surface area contributed by atoms with Gasteiger partial charge in [-0.05, 0) is 48.9 Å². The minimum Gasteiger partial charge on any atom is -0.497 e. The van der Waals surface area contributed by atoms with E-state index in [-0.39, 0.29) is 6.04 Å². The molecule has 0 N–H and O–H groups in total. The van der Waals surface area contributed by atoms with Crippen LogP contribution in [0.5, 0.6) is 5.75 Å². The third kappa shape index (κ3) is 4.13. The second-order valence-corrected chi connectivity index (χ2v) is 5.76. The first-order valence-corrected chi connectivity index (χ1v) is 7.46. The molecular formula is C16H14Cl3NO. The summed E-state index contributed by atoms with van der Waals surface area (Å²) in [5.74, 6) is 0.809. The van der Waals surface area contributed by atoms with Gasteiger partial charge in [0.2, 0.25) is 0 Å². The van der Waals surface area contributed by atoms with Gasteiger partial charge >= 0.3 is 0 Å². The van der Waals surface area contributed by atoms with Crippen LogP contribution in [-0.2, 0) is 0 Å². The molecule has 1 unspecified atom stereocenters. The highest BCUT2D eigenvalue weighted by Gasteiger charge is 2.13. The van der Waals surface area contributed by atoms with Gasteiger partial charge in [0, 0.05) is 26.8 Å². The van der Waals surface area contributed by atoms with Crippen molar-refractivity contribution in [3.8, 4) is 5.75 Å². The maximum atomic E-state index is 6.19. The predicted octanol–water partition coefficient (Wildman–Crippen LogP) is 5.84. The lowest BCUT2D eigenvalue weighted by atomic mass is 10.1. The van der Waals surface area contributed by atoms with Crippen molar-refractivity contribution < 1.29 is 4.74 Å². The Morgan fingerprint density at radius 3 is 2.14 bits per heavy atom. The van der Waals surface area contributed by atoms with E-state index < -0.39 is 0 Å². The third-order valence-electron chi connectivity index (χ3n) is 3.02. The summed E-state index contributed by atoms with van der Waals surface area (Å²) in [5, 5.41) is 1.55. The van der Waals surface area contributed by atoms with E-state index in [9.17, 15) is 0 Å². The number of hydrogen-bond donors (Lipinski definition) is 0. The molecule has 2 aromatic rings. The monoisotopic (exact) mass is 341 g/mol. The van der Waals surface area contributed by atoms with E-state index in [0.29, 0.717) is 15.1 Å². The lowest BCUT2D eigenvalue weighted by molar-refractivity contribution is 0.415. The van der Waals surface area contributed by atoms with E-state index in [1.165, 1.54) is 0 Å². The van der Waals surface area contributed by atoms with Gasteiger partial charge < -0.3 is 4.74 Å². The van der Waals surface area contributed by atoms with E-state index in [2.05, 4.69) is 4.99 Å². The Hall–Kier alpha value is -1.22.